The Kier molecular flexibility index (Phi) is 8.87. The predicted molar refractivity (Wildman–Crippen MR) is 165 cm³/mol. The average Bonchev–Trinajstić information content (AvgIpc) is 3.58. The van der Waals surface area contributed by atoms with Crippen LogP contribution in [-0.4, -0.2) is 24.4 Å². The third kappa shape index (κ3) is 5.66. The Labute approximate surface area is 255 Å². The highest BCUT2D eigenvalue weighted by Gasteiger charge is 2.80. The van der Waals surface area contributed by atoms with E-state index in [1.165, 1.54) is 32.4 Å². The molecule has 228 valence electrons. The van der Waals surface area contributed by atoms with Crippen LogP contribution in [-0.2, 0) is 0 Å². The SMILES string of the molecule is CCCCCCCOc1ccc(-c2cc(C3=C(c4cc(-c5ccccc5)sc4C)C(F)(F)C(F)(F)C3(F)F)c(C)s2)cc1. The van der Waals surface area contributed by atoms with Gasteiger partial charge in [0.25, 0.3) is 0 Å². The summed E-state index contributed by atoms with van der Waals surface area (Å²) < 4.78 is 97.8. The van der Waals surface area contributed by atoms with Crippen LogP contribution in [0.2, 0.25) is 0 Å². The summed E-state index contributed by atoms with van der Waals surface area (Å²) in [6, 6.07) is 18.5. The van der Waals surface area contributed by atoms with E-state index in [9.17, 15) is 8.78 Å². The lowest BCUT2D eigenvalue weighted by molar-refractivity contribution is -0.254. The van der Waals surface area contributed by atoms with Crippen LogP contribution in [0.4, 0.5) is 26.3 Å². The minimum absolute atomic E-state index is 0.249. The van der Waals surface area contributed by atoms with Gasteiger partial charge < -0.3 is 4.74 Å². The largest absolute Gasteiger partial charge is 0.494 e. The smallest absolute Gasteiger partial charge is 0.380 e. The van der Waals surface area contributed by atoms with E-state index in [1.807, 2.05) is 0 Å². The van der Waals surface area contributed by atoms with Crippen LogP contribution in [0.15, 0.2) is 66.7 Å². The molecule has 0 aliphatic heterocycles. The third-order valence-electron chi connectivity index (χ3n) is 7.75. The summed E-state index contributed by atoms with van der Waals surface area (Å²) in [5.41, 5.74) is -1.88. The molecule has 0 amide bonds. The number of halogens is 6. The molecule has 9 heteroatoms. The number of aryl methyl sites for hydroxylation is 2. The van der Waals surface area contributed by atoms with Crippen molar-refractivity contribution in [3.05, 3.63) is 87.6 Å². The minimum atomic E-state index is -5.60. The highest BCUT2D eigenvalue weighted by molar-refractivity contribution is 7.16. The second-order valence-electron chi connectivity index (χ2n) is 10.8. The van der Waals surface area contributed by atoms with E-state index in [-0.39, 0.29) is 20.9 Å². The average molecular weight is 635 g/mol. The van der Waals surface area contributed by atoms with Crippen molar-refractivity contribution in [1.82, 2.24) is 0 Å². The van der Waals surface area contributed by atoms with Crippen LogP contribution in [0, 0.1) is 13.8 Å². The van der Waals surface area contributed by atoms with Gasteiger partial charge in [-0.1, -0.05) is 62.9 Å². The van der Waals surface area contributed by atoms with Gasteiger partial charge in [-0.05, 0) is 78.9 Å². The number of benzene rings is 2. The molecule has 2 aromatic carbocycles. The van der Waals surface area contributed by atoms with Crippen molar-refractivity contribution in [2.24, 2.45) is 0 Å². The van der Waals surface area contributed by atoms with Crippen LogP contribution in [0.3, 0.4) is 0 Å². The van der Waals surface area contributed by atoms with Gasteiger partial charge in [-0.25, -0.2) is 0 Å². The summed E-state index contributed by atoms with van der Waals surface area (Å²) in [6.07, 6.45) is 5.54. The van der Waals surface area contributed by atoms with E-state index in [2.05, 4.69) is 6.92 Å². The molecule has 0 saturated heterocycles. The maximum absolute atomic E-state index is 15.5. The van der Waals surface area contributed by atoms with E-state index >= 15 is 17.6 Å². The second kappa shape index (κ2) is 12.2. The first-order valence-electron chi connectivity index (χ1n) is 14.3. The van der Waals surface area contributed by atoms with Crippen LogP contribution >= 0.6 is 22.7 Å². The van der Waals surface area contributed by atoms with Crippen molar-refractivity contribution in [1.29, 1.82) is 0 Å². The Hall–Kier alpha value is -3.04. The van der Waals surface area contributed by atoms with Crippen LogP contribution < -0.4 is 4.74 Å². The monoisotopic (exact) mass is 634 g/mol. The lowest BCUT2D eigenvalue weighted by Crippen LogP contribution is -2.48. The number of allylic oxidation sites excluding steroid dienone is 2. The van der Waals surface area contributed by atoms with Gasteiger partial charge in [0, 0.05) is 30.7 Å². The van der Waals surface area contributed by atoms with E-state index in [4.69, 9.17) is 4.74 Å². The zero-order valence-electron chi connectivity index (χ0n) is 24.1. The molecule has 0 saturated carbocycles. The number of hydrogen-bond acceptors (Lipinski definition) is 3. The summed E-state index contributed by atoms with van der Waals surface area (Å²) in [5, 5.41) is 0. The Morgan fingerprint density at radius 1 is 0.628 bits per heavy atom. The summed E-state index contributed by atoms with van der Waals surface area (Å²) in [5.74, 6) is -15.1. The van der Waals surface area contributed by atoms with E-state index < -0.39 is 28.9 Å². The molecule has 0 bridgehead atoms. The topological polar surface area (TPSA) is 9.23 Å². The van der Waals surface area contributed by atoms with Crippen molar-refractivity contribution in [3.63, 3.8) is 0 Å². The van der Waals surface area contributed by atoms with Crippen LogP contribution in [0.5, 0.6) is 5.75 Å². The fourth-order valence-electron chi connectivity index (χ4n) is 5.39. The fraction of sp³-hybridized carbons (Fsp3) is 0.353. The van der Waals surface area contributed by atoms with Crippen LogP contribution in [0.1, 0.15) is 59.9 Å². The molecule has 0 unspecified atom stereocenters. The van der Waals surface area contributed by atoms with Crippen molar-refractivity contribution in [2.75, 3.05) is 6.61 Å². The normalized spacial score (nSPS) is 17.0. The van der Waals surface area contributed by atoms with E-state index in [0.29, 0.717) is 33.2 Å². The molecule has 4 aromatic rings. The molecular formula is C34H32F6OS2. The first-order valence-corrected chi connectivity index (χ1v) is 15.9. The molecule has 0 fully saturated rings. The molecular weight excluding hydrogens is 602 g/mol. The molecule has 0 atom stereocenters. The van der Waals surface area contributed by atoms with Gasteiger partial charge >= 0.3 is 17.8 Å². The minimum Gasteiger partial charge on any atom is -0.494 e. The Morgan fingerprint density at radius 3 is 1.63 bits per heavy atom. The molecule has 0 N–H and O–H groups in total. The zero-order chi connectivity index (χ0) is 31.0. The lowest BCUT2D eigenvalue weighted by Gasteiger charge is -2.25. The maximum atomic E-state index is 15.5. The Bertz CT molecular complexity index is 1600. The number of unbranched alkanes of at least 4 members (excludes halogenated alkanes) is 4. The summed E-state index contributed by atoms with van der Waals surface area (Å²) in [4.78, 5) is 1.54. The summed E-state index contributed by atoms with van der Waals surface area (Å²) >= 11 is 2.20. The van der Waals surface area contributed by atoms with Gasteiger partial charge in [0.1, 0.15) is 5.75 Å². The number of alkyl halides is 6. The molecule has 2 aromatic heterocycles. The quantitative estimate of drug-likeness (QED) is 0.118. The van der Waals surface area contributed by atoms with Crippen LogP contribution in [0.25, 0.3) is 32.0 Å². The van der Waals surface area contributed by atoms with Crippen molar-refractivity contribution in [3.8, 4) is 26.6 Å². The van der Waals surface area contributed by atoms with Gasteiger partial charge in [-0.3, -0.25) is 0 Å². The molecule has 2 heterocycles. The van der Waals surface area contributed by atoms with Crippen molar-refractivity contribution < 1.29 is 31.1 Å². The lowest BCUT2D eigenvalue weighted by atomic mass is 9.94. The summed E-state index contributed by atoms with van der Waals surface area (Å²) in [6.45, 7) is 5.71. The fourth-order valence-corrected chi connectivity index (χ4v) is 7.45. The molecule has 1 nitrogen and oxygen atoms in total. The second-order valence-corrected chi connectivity index (χ2v) is 13.3. The van der Waals surface area contributed by atoms with E-state index in [0.717, 1.165) is 48.4 Å². The number of hydrogen-bond donors (Lipinski definition) is 0. The zero-order valence-corrected chi connectivity index (χ0v) is 25.7. The van der Waals surface area contributed by atoms with Gasteiger partial charge in [-0.2, -0.15) is 26.3 Å². The van der Waals surface area contributed by atoms with Gasteiger partial charge in [0.05, 0.1) is 6.61 Å². The van der Waals surface area contributed by atoms with Gasteiger partial charge in [-0.15, -0.1) is 22.7 Å². The molecule has 1 aliphatic carbocycles. The first-order chi connectivity index (χ1) is 20.4. The number of ether oxygens (including phenoxy) is 1. The maximum Gasteiger partial charge on any atom is 0.380 e. The molecule has 5 rings (SSSR count). The van der Waals surface area contributed by atoms with E-state index in [1.54, 1.807) is 54.6 Å². The number of rotatable bonds is 11. The molecule has 43 heavy (non-hydrogen) atoms. The third-order valence-corrected chi connectivity index (χ3v) is 9.95. The molecule has 1 aliphatic rings. The highest BCUT2D eigenvalue weighted by atomic mass is 32.1. The Balaban J connectivity index is 1.52. The summed E-state index contributed by atoms with van der Waals surface area (Å²) in [7, 11) is 0. The van der Waals surface area contributed by atoms with Crippen molar-refractivity contribution in [2.45, 2.75) is 70.6 Å². The molecule has 0 spiro atoms. The van der Waals surface area contributed by atoms with Gasteiger partial charge in [0.15, 0.2) is 0 Å². The molecule has 0 radical (unpaired) electrons. The standard InChI is InChI=1S/C34H32F6OS2/c1-4-5-6-7-11-18-41-25-16-14-24(15-17-25)29-20-27(22(3)43-29)31-30(32(35,36)34(39,40)33(31,37)38)26-19-28(42-21(26)2)23-12-9-8-10-13-23/h8-10,12-17,19-20H,4-7,11,18H2,1-3H3. The predicted octanol–water partition coefficient (Wildman–Crippen LogP) is 11.9. The first kappa shape index (κ1) is 31.4. The Morgan fingerprint density at radius 2 is 1.12 bits per heavy atom. The number of thiophene rings is 2. The van der Waals surface area contributed by atoms with Gasteiger partial charge in [0.2, 0.25) is 0 Å². The van der Waals surface area contributed by atoms with Crippen molar-refractivity contribution >= 4 is 33.8 Å². The highest BCUT2D eigenvalue weighted by Crippen LogP contribution is 2.66.